The molecular weight excluding hydrogens is 281 g/mol. The number of hydrogen-bond donors (Lipinski definition) is 1. The van der Waals surface area contributed by atoms with Gasteiger partial charge >= 0.3 is 6.18 Å². The molecule has 21 heavy (non-hydrogen) atoms. The maximum absolute atomic E-state index is 12.2. The van der Waals surface area contributed by atoms with E-state index < -0.39 is 12.8 Å². The van der Waals surface area contributed by atoms with E-state index in [1.807, 2.05) is 7.05 Å². The zero-order valence-corrected chi connectivity index (χ0v) is 11.5. The fraction of sp³-hybridized carbons (Fsp3) is 0.400. The SMILES string of the molecule is CNc1c2c(nc3ccc(OCC(F)(F)F)cc13)CCC2. The molecular formula is C15H15F3N2O. The normalized spacial score (nSPS) is 14.3. The molecule has 1 aliphatic rings. The van der Waals surface area contributed by atoms with E-state index in [9.17, 15) is 13.2 Å². The molecule has 0 spiro atoms. The zero-order valence-electron chi connectivity index (χ0n) is 11.5. The summed E-state index contributed by atoms with van der Waals surface area (Å²) in [5, 5.41) is 3.96. The molecule has 1 aromatic carbocycles. The first-order chi connectivity index (χ1) is 9.98. The number of anilines is 1. The van der Waals surface area contributed by atoms with Crippen LogP contribution in [-0.4, -0.2) is 24.8 Å². The summed E-state index contributed by atoms with van der Waals surface area (Å²) in [6.45, 7) is -1.29. The Morgan fingerprint density at radius 3 is 2.81 bits per heavy atom. The Bertz CT molecular complexity index is 683. The van der Waals surface area contributed by atoms with E-state index in [1.54, 1.807) is 12.1 Å². The smallest absolute Gasteiger partial charge is 0.422 e. The van der Waals surface area contributed by atoms with Crippen molar-refractivity contribution >= 4 is 16.6 Å². The Morgan fingerprint density at radius 2 is 2.10 bits per heavy atom. The van der Waals surface area contributed by atoms with Crippen LogP contribution in [-0.2, 0) is 12.8 Å². The number of rotatable bonds is 3. The third-order valence-corrected chi connectivity index (χ3v) is 3.64. The summed E-state index contributed by atoms with van der Waals surface area (Å²) in [6, 6.07) is 4.86. The first-order valence-electron chi connectivity index (χ1n) is 6.81. The largest absolute Gasteiger partial charge is 0.484 e. The molecule has 0 radical (unpaired) electrons. The predicted octanol–water partition coefficient (Wildman–Crippen LogP) is 3.71. The van der Waals surface area contributed by atoms with Crippen LogP contribution in [0.25, 0.3) is 10.9 Å². The standard InChI is InChI=1S/C15H15F3N2O/c1-19-14-10-3-2-4-12(10)20-13-6-5-9(7-11(13)14)21-8-15(16,17)18/h5-7H,2-4,8H2,1H3,(H,19,20). The van der Waals surface area contributed by atoms with Gasteiger partial charge in [0.2, 0.25) is 0 Å². The lowest BCUT2D eigenvalue weighted by atomic mass is 10.1. The number of benzene rings is 1. The minimum atomic E-state index is -4.34. The highest BCUT2D eigenvalue weighted by Gasteiger charge is 2.28. The topological polar surface area (TPSA) is 34.2 Å². The van der Waals surface area contributed by atoms with E-state index in [1.165, 1.54) is 6.07 Å². The van der Waals surface area contributed by atoms with E-state index in [0.717, 1.165) is 47.1 Å². The number of fused-ring (bicyclic) bond motifs is 2. The van der Waals surface area contributed by atoms with Gasteiger partial charge in [0.25, 0.3) is 0 Å². The summed E-state index contributed by atoms with van der Waals surface area (Å²) in [6.07, 6.45) is -1.38. The first kappa shape index (κ1) is 14.0. The molecule has 1 N–H and O–H groups in total. The molecule has 0 atom stereocenters. The Kier molecular flexibility index (Phi) is 3.39. The van der Waals surface area contributed by atoms with Gasteiger partial charge in [0.15, 0.2) is 6.61 Å². The Labute approximate surface area is 120 Å². The summed E-state index contributed by atoms with van der Waals surface area (Å²) < 4.78 is 41.5. The maximum atomic E-state index is 12.2. The molecule has 3 rings (SSSR count). The van der Waals surface area contributed by atoms with E-state index in [4.69, 9.17) is 4.74 Å². The molecule has 112 valence electrons. The minimum absolute atomic E-state index is 0.205. The van der Waals surface area contributed by atoms with Crippen LogP contribution in [0.1, 0.15) is 17.7 Å². The van der Waals surface area contributed by atoms with Crippen molar-refractivity contribution in [2.24, 2.45) is 0 Å². The van der Waals surface area contributed by atoms with Crippen molar-refractivity contribution in [2.45, 2.75) is 25.4 Å². The van der Waals surface area contributed by atoms with Crippen molar-refractivity contribution in [1.82, 2.24) is 4.98 Å². The van der Waals surface area contributed by atoms with Gasteiger partial charge in [-0.3, -0.25) is 4.98 Å². The van der Waals surface area contributed by atoms with E-state index in [2.05, 4.69) is 10.3 Å². The number of alkyl halides is 3. The van der Waals surface area contributed by atoms with Gasteiger partial charge in [-0.15, -0.1) is 0 Å². The number of ether oxygens (including phenoxy) is 1. The van der Waals surface area contributed by atoms with Gasteiger partial charge in [0.05, 0.1) is 5.52 Å². The third-order valence-electron chi connectivity index (χ3n) is 3.64. The van der Waals surface area contributed by atoms with Crippen molar-refractivity contribution in [1.29, 1.82) is 0 Å². The molecule has 0 saturated heterocycles. The quantitative estimate of drug-likeness (QED) is 0.937. The molecule has 0 bridgehead atoms. The number of nitrogens with one attached hydrogen (secondary N) is 1. The van der Waals surface area contributed by atoms with Crippen molar-refractivity contribution in [3.05, 3.63) is 29.5 Å². The van der Waals surface area contributed by atoms with Crippen LogP contribution in [0.4, 0.5) is 18.9 Å². The molecule has 6 heteroatoms. The van der Waals surface area contributed by atoms with Crippen molar-refractivity contribution in [2.75, 3.05) is 19.0 Å². The Morgan fingerprint density at radius 1 is 1.29 bits per heavy atom. The van der Waals surface area contributed by atoms with Crippen molar-refractivity contribution in [3.8, 4) is 5.75 Å². The summed E-state index contributed by atoms with van der Waals surface area (Å²) >= 11 is 0. The molecule has 1 heterocycles. The molecule has 0 unspecified atom stereocenters. The second kappa shape index (κ2) is 5.09. The van der Waals surface area contributed by atoms with Gasteiger partial charge in [-0.05, 0) is 43.0 Å². The fourth-order valence-electron chi connectivity index (χ4n) is 2.78. The summed E-state index contributed by atoms with van der Waals surface area (Å²) in [5.41, 5.74) is 3.97. The fourth-order valence-corrected chi connectivity index (χ4v) is 2.78. The van der Waals surface area contributed by atoms with E-state index in [-0.39, 0.29) is 5.75 Å². The van der Waals surface area contributed by atoms with Crippen LogP contribution in [0, 0.1) is 0 Å². The molecule has 0 amide bonds. The highest BCUT2D eigenvalue weighted by atomic mass is 19.4. The Hall–Kier alpha value is -1.98. The number of aryl methyl sites for hydroxylation is 1. The average Bonchev–Trinajstić information content (AvgIpc) is 2.89. The second-order valence-corrected chi connectivity index (χ2v) is 5.10. The first-order valence-corrected chi connectivity index (χ1v) is 6.81. The molecule has 0 fully saturated rings. The van der Waals surface area contributed by atoms with Crippen LogP contribution in [0.3, 0.4) is 0 Å². The van der Waals surface area contributed by atoms with E-state index >= 15 is 0 Å². The van der Waals surface area contributed by atoms with Crippen molar-refractivity contribution < 1.29 is 17.9 Å². The van der Waals surface area contributed by atoms with Crippen LogP contribution in [0.2, 0.25) is 0 Å². The maximum Gasteiger partial charge on any atom is 0.422 e. The van der Waals surface area contributed by atoms with Crippen molar-refractivity contribution in [3.63, 3.8) is 0 Å². The van der Waals surface area contributed by atoms with Gasteiger partial charge in [0, 0.05) is 23.8 Å². The minimum Gasteiger partial charge on any atom is -0.484 e. The number of hydrogen-bond acceptors (Lipinski definition) is 3. The van der Waals surface area contributed by atoms with Crippen LogP contribution in [0.15, 0.2) is 18.2 Å². The lowest BCUT2D eigenvalue weighted by molar-refractivity contribution is -0.153. The highest BCUT2D eigenvalue weighted by molar-refractivity contribution is 5.94. The molecule has 0 aliphatic heterocycles. The highest BCUT2D eigenvalue weighted by Crippen LogP contribution is 2.35. The average molecular weight is 296 g/mol. The summed E-state index contributed by atoms with van der Waals surface area (Å²) in [7, 11) is 1.82. The number of aromatic nitrogens is 1. The summed E-state index contributed by atoms with van der Waals surface area (Å²) in [5.74, 6) is 0.205. The molecule has 1 aliphatic carbocycles. The van der Waals surface area contributed by atoms with Crippen LogP contribution >= 0.6 is 0 Å². The number of pyridine rings is 1. The molecule has 1 aromatic heterocycles. The Balaban J connectivity index is 2.02. The lowest BCUT2D eigenvalue weighted by Crippen LogP contribution is -2.19. The van der Waals surface area contributed by atoms with Crippen LogP contribution in [0.5, 0.6) is 5.75 Å². The van der Waals surface area contributed by atoms with Gasteiger partial charge < -0.3 is 10.1 Å². The third kappa shape index (κ3) is 2.75. The number of halogens is 3. The molecule has 2 aromatic rings. The molecule has 3 nitrogen and oxygen atoms in total. The van der Waals surface area contributed by atoms with Gasteiger partial charge in [-0.2, -0.15) is 13.2 Å². The van der Waals surface area contributed by atoms with Gasteiger partial charge in [-0.25, -0.2) is 0 Å². The van der Waals surface area contributed by atoms with Crippen LogP contribution < -0.4 is 10.1 Å². The van der Waals surface area contributed by atoms with E-state index in [0.29, 0.717) is 0 Å². The van der Waals surface area contributed by atoms with Gasteiger partial charge in [0.1, 0.15) is 5.75 Å². The predicted molar refractivity (Wildman–Crippen MR) is 74.9 cm³/mol. The summed E-state index contributed by atoms with van der Waals surface area (Å²) in [4.78, 5) is 4.60. The van der Waals surface area contributed by atoms with Gasteiger partial charge in [-0.1, -0.05) is 0 Å². The number of nitrogens with zero attached hydrogens (tertiary/aromatic N) is 1. The zero-order chi connectivity index (χ0) is 15.0. The lowest BCUT2D eigenvalue weighted by Gasteiger charge is -2.14. The monoisotopic (exact) mass is 296 g/mol. The second-order valence-electron chi connectivity index (χ2n) is 5.10. The molecule has 0 saturated carbocycles.